The lowest BCUT2D eigenvalue weighted by Crippen LogP contribution is -2.40. The van der Waals surface area contributed by atoms with Crippen molar-refractivity contribution >= 4 is 17.3 Å². The number of rotatable bonds is 4. The molecule has 3 unspecified atom stereocenters. The van der Waals surface area contributed by atoms with Crippen LogP contribution in [0.5, 0.6) is 0 Å². The molecule has 1 aromatic heterocycles. The number of hydrazine groups is 1. The van der Waals surface area contributed by atoms with Crippen LogP contribution in [-0.4, -0.2) is 21.6 Å². The number of aromatic nitrogens is 2. The summed E-state index contributed by atoms with van der Waals surface area (Å²) in [5, 5.41) is 9.35. The number of nitrogens with two attached hydrogens (primary N) is 1. The standard InChI is InChI=1S/C20H22ClN7O/c1-12-16(20(29)28(27(12)2)15-6-4-3-5-7-15)17-18(19(22)26-24-17)25-23-14-10-8-13(21)9-11-14/h3-11,17-19,24,26H,22H2,1-2H3. The first-order valence-electron chi connectivity index (χ1n) is 9.24. The number of nitrogens with zero attached hydrogens (tertiary/aromatic N) is 4. The van der Waals surface area contributed by atoms with Crippen LogP contribution in [0.2, 0.25) is 5.02 Å². The Hall–Kier alpha value is -2.78. The maximum absolute atomic E-state index is 13.3. The lowest BCUT2D eigenvalue weighted by Gasteiger charge is -2.14. The molecule has 9 heteroatoms. The van der Waals surface area contributed by atoms with Crippen LogP contribution in [0.1, 0.15) is 17.3 Å². The van der Waals surface area contributed by atoms with Crippen molar-refractivity contribution in [3.05, 3.63) is 81.2 Å². The van der Waals surface area contributed by atoms with Crippen LogP contribution in [0.3, 0.4) is 0 Å². The van der Waals surface area contributed by atoms with E-state index < -0.39 is 18.2 Å². The highest BCUT2D eigenvalue weighted by atomic mass is 35.5. The quantitative estimate of drug-likeness (QED) is 0.574. The minimum absolute atomic E-state index is 0.115. The highest BCUT2D eigenvalue weighted by molar-refractivity contribution is 6.30. The molecular weight excluding hydrogens is 390 g/mol. The molecule has 4 rings (SSSR count). The van der Waals surface area contributed by atoms with Gasteiger partial charge < -0.3 is 5.73 Å². The largest absolute Gasteiger partial charge is 0.313 e. The fraction of sp³-hybridized carbons (Fsp3) is 0.250. The van der Waals surface area contributed by atoms with Crippen molar-refractivity contribution in [2.45, 2.75) is 25.2 Å². The summed E-state index contributed by atoms with van der Waals surface area (Å²) >= 11 is 5.92. The molecule has 0 amide bonds. The third-order valence-corrected chi connectivity index (χ3v) is 5.41. The Balaban J connectivity index is 1.72. The van der Waals surface area contributed by atoms with Crippen molar-refractivity contribution in [3.63, 3.8) is 0 Å². The molecular formula is C20H22ClN7O. The summed E-state index contributed by atoms with van der Waals surface area (Å²) in [5.41, 5.74) is 15.1. The maximum atomic E-state index is 13.3. The number of halogens is 1. The average Bonchev–Trinajstić information content (AvgIpc) is 3.18. The molecule has 0 spiro atoms. The van der Waals surface area contributed by atoms with Crippen LogP contribution in [0, 0.1) is 6.92 Å². The molecule has 2 heterocycles. The van der Waals surface area contributed by atoms with E-state index in [1.54, 1.807) is 28.9 Å². The zero-order valence-electron chi connectivity index (χ0n) is 16.1. The van der Waals surface area contributed by atoms with Crippen LogP contribution >= 0.6 is 11.6 Å². The van der Waals surface area contributed by atoms with Gasteiger partial charge in [-0.3, -0.25) is 9.48 Å². The Labute approximate surface area is 173 Å². The monoisotopic (exact) mass is 411 g/mol. The first-order chi connectivity index (χ1) is 14.0. The third-order valence-electron chi connectivity index (χ3n) is 5.16. The van der Waals surface area contributed by atoms with Crippen molar-refractivity contribution in [3.8, 4) is 5.69 Å². The summed E-state index contributed by atoms with van der Waals surface area (Å²) in [7, 11) is 1.86. The molecule has 0 saturated carbocycles. The Bertz CT molecular complexity index is 1090. The van der Waals surface area contributed by atoms with Gasteiger partial charge in [-0.25, -0.2) is 15.5 Å². The van der Waals surface area contributed by atoms with Gasteiger partial charge in [0.1, 0.15) is 6.04 Å². The molecule has 1 aliphatic heterocycles. The molecule has 1 fully saturated rings. The van der Waals surface area contributed by atoms with Crippen molar-refractivity contribution in [2.75, 3.05) is 0 Å². The van der Waals surface area contributed by atoms with Crippen LogP contribution in [0.15, 0.2) is 69.6 Å². The van der Waals surface area contributed by atoms with Crippen molar-refractivity contribution < 1.29 is 0 Å². The Morgan fingerprint density at radius 3 is 2.45 bits per heavy atom. The smallest absolute Gasteiger partial charge is 0.276 e. The summed E-state index contributed by atoms with van der Waals surface area (Å²) in [6.07, 6.45) is -0.486. The molecule has 150 valence electrons. The lowest BCUT2D eigenvalue weighted by molar-refractivity contribution is 0.520. The predicted molar refractivity (Wildman–Crippen MR) is 112 cm³/mol. The van der Waals surface area contributed by atoms with E-state index in [1.807, 2.05) is 49.0 Å². The van der Waals surface area contributed by atoms with E-state index in [1.165, 1.54) is 0 Å². The Morgan fingerprint density at radius 1 is 1.07 bits per heavy atom. The Kier molecular flexibility index (Phi) is 5.33. The number of hydrogen-bond acceptors (Lipinski definition) is 6. The zero-order valence-corrected chi connectivity index (χ0v) is 16.8. The summed E-state index contributed by atoms with van der Waals surface area (Å²) in [5.74, 6) is 0. The summed E-state index contributed by atoms with van der Waals surface area (Å²) in [4.78, 5) is 13.3. The van der Waals surface area contributed by atoms with Gasteiger partial charge in [0.2, 0.25) is 0 Å². The van der Waals surface area contributed by atoms with E-state index in [-0.39, 0.29) is 5.56 Å². The molecule has 8 nitrogen and oxygen atoms in total. The molecule has 1 aliphatic rings. The maximum Gasteiger partial charge on any atom is 0.276 e. The van der Waals surface area contributed by atoms with Gasteiger partial charge >= 0.3 is 0 Å². The van der Waals surface area contributed by atoms with E-state index in [0.29, 0.717) is 16.3 Å². The van der Waals surface area contributed by atoms with E-state index in [4.69, 9.17) is 17.3 Å². The summed E-state index contributed by atoms with van der Waals surface area (Å²) in [6, 6.07) is 15.7. The van der Waals surface area contributed by atoms with Gasteiger partial charge in [-0.05, 0) is 43.3 Å². The minimum Gasteiger partial charge on any atom is -0.313 e. The van der Waals surface area contributed by atoms with Crippen molar-refractivity contribution in [1.82, 2.24) is 20.2 Å². The van der Waals surface area contributed by atoms with E-state index in [0.717, 1.165) is 11.4 Å². The number of azo groups is 1. The van der Waals surface area contributed by atoms with Crippen LogP contribution < -0.4 is 22.1 Å². The van der Waals surface area contributed by atoms with Crippen molar-refractivity contribution in [2.24, 2.45) is 23.0 Å². The number of benzene rings is 2. The van der Waals surface area contributed by atoms with Crippen LogP contribution in [-0.2, 0) is 7.05 Å². The highest BCUT2D eigenvalue weighted by Gasteiger charge is 2.39. The fourth-order valence-corrected chi connectivity index (χ4v) is 3.66. The van der Waals surface area contributed by atoms with Gasteiger partial charge in [0.05, 0.1) is 29.1 Å². The molecule has 0 radical (unpaired) electrons. The molecule has 29 heavy (non-hydrogen) atoms. The van der Waals surface area contributed by atoms with Crippen LogP contribution in [0.4, 0.5) is 5.69 Å². The molecule has 0 aliphatic carbocycles. The molecule has 2 aromatic carbocycles. The molecule has 3 atom stereocenters. The lowest BCUT2D eigenvalue weighted by atomic mass is 10.0. The second-order valence-corrected chi connectivity index (χ2v) is 7.39. The topological polar surface area (TPSA) is 102 Å². The normalized spacial score (nSPS) is 21.9. The van der Waals surface area contributed by atoms with Gasteiger partial charge in [-0.15, -0.1) is 0 Å². The van der Waals surface area contributed by atoms with Gasteiger partial charge in [-0.2, -0.15) is 10.2 Å². The van der Waals surface area contributed by atoms with E-state index in [2.05, 4.69) is 21.1 Å². The summed E-state index contributed by atoms with van der Waals surface area (Å²) in [6.45, 7) is 1.91. The number of para-hydroxylation sites is 1. The average molecular weight is 412 g/mol. The SMILES string of the molecule is Cc1c(C2NNC(N)C2N=Nc2ccc(Cl)cc2)c(=O)n(-c2ccccc2)n1C. The van der Waals surface area contributed by atoms with E-state index in [9.17, 15) is 4.79 Å². The number of hydrogen-bond donors (Lipinski definition) is 3. The molecule has 0 bridgehead atoms. The van der Waals surface area contributed by atoms with Crippen LogP contribution in [0.25, 0.3) is 5.69 Å². The molecule has 4 N–H and O–H groups in total. The molecule has 1 saturated heterocycles. The van der Waals surface area contributed by atoms with Crippen molar-refractivity contribution in [1.29, 1.82) is 0 Å². The second-order valence-electron chi connectivity index (χ2n) is 6.95. The highest BCUT2D eigenvalue weighted by Crippen LogP contribution is 2.27. The third kappa shape index (κ3) is 3.63. The number of nitrogens with one attached hydrogen (secondary N) is 2. The summed E-state index contributed by atoms with van der Waals surface area (Å²) < 4.78 is 3.48. The zero-order chi connectivity index (χ0) is 20.5. The second kappa shape index (κ2) is 7.92. The van der Waals surface area contributed by atoms with Gasteiger partial charge in [0, 0.05) is 17.8 Å². The van der Waals surface area contributed by atoms with Gasteiger partial charge in [-0.1, -0.05) is 29.8 Å². The first kappa shape index (κ1) is 19.5. The van der Waals surface area contributed by atoms with Gasteiger partial charge in [0.25, 0.3) is 5.56 Å². The van der Waals surface area contributed by atoms with Gasteiger partial charge in [0.15, 0.2) is 0 Å². The van der Waals surface area contributed by atoms with E-state index >= 15 is 0 Å². The first-order valence-corrected chi connectivity index (χ1v) is 9.62. The predicted octanol–water partition coefficient (Wildman–Crippen LogP) is 2.72. The molecule has 3 aromatic rings. The minimum atomic E-state index is -0.486. The Morgan fingerprint density at radius 2 is 1.76 bits per heavy atom. The fourth-order valence-electron chi connectivity index (χ4n) is 3.53.